The maximum Gasteiger partial charge on any atom is 0.153 e. The molecule has 3 nitrogen and oxygen atoms in total. The molecule has 1 aliphatic carbocycles. The zero-order chi connectivity index (χ0) is 13.4. The molecule has 98 valence electrons. The Morgan fingerprint density at radius 3 is 2.63 bits per heavy atom. The van der Waals surface area contributed by atoms with Gasteiger partial charge in [-0.25, -0.2) is 0 Å². The topological polar surface area (TPSA) is 34.9 Å². The summed E-state index contributed by atoms with van der Waals surface area (Å²) in [6.45, 7) is 2.17. The first-order valence-corrected chi connectivity index (χ1v) is 7.28. The number of halogens is 1. The van der Waals surface area contributed by atoms with Crippen LogP contribution in [0, 0.1) is 5.92 Å². The average Bonchev–Trinajstić information content (AvgIpc) is 3.18. The van der Waals surface area contributed by atoms with Crippen molar-refractivity contribution in [3.8, 4) is 11.3 Å². The molecule has 0 amide bonds. The summed E-state index contributed by atoms with van der Waals surface area (Å²) in [4.78, 5) is 11.2. The van der Waals surface area contributed by atoms with Crippen LogP contribution in [0.3, 0.4) is 0 Å². The zero-order valence-corrected chi connectivity index (χ0v) is 12.3. The normalized spacial score (nSPS) is 16.3. The molecule has 2 aromatic rings. The minimum absolute atomic E-state index is 0.378. The number of rotatable bonds is 4. The van der Waals surface area contributed by atoms with Crippen LogP contribution in [0.25, 0.3) is 11.3 Å². The summed E-state index contributed by atoms with van der Waals surface area (Å²) < 4.78 is 2.97. The monoisotopic (exact) mass is 318 g/mol. The molecule has 0 spiro atoms. The molecule has 1 heterocycles. The number of hydrogen-bond donors (Lipinski definition) is 0. The van der Waals surface area contributed by atoms with Crippen molar-refractivity contribution in [3.63, 3.8) is 0 Å². The van der Waals surface area contributed by atoms with Gasteiger partial charge in [-0.3, -0.25) is 9.48 Å². The predicted octanol–water partition coefficient (Wildman–Crippen LogP) is 4.10. The first-order chi connectivity index (χ1) is 9.19. The lowest BCUT2D eigenvalue weighted by Gasteiger charge is -2.09. The highest BCUT2D eigenvalue weighted by atomic mass is 79.9. The third-order valence-corrected chi connectivity index (χ3v) is 4.26. The van der Waals surface area contributed by atoms with Gasteiger partial charge in [-0.05, 0) is 37.8 Å². The molecule has 1 atom stereocenters. The van der Waals surface area contributed by atoms with E-state index in [4.69, 9.17) is 0 Å². The standard InChI is InChI=1S/C15H15BrN2O/c1-10(11-2-3-11)18-8-13(9-19)15(17-18)12-4-6-14(16)7-5-12/h4-11H,2-3H2,1H3. The smallest absolute Gasteiger partial charge is 0.153 e. The fraction of sp³-hybridized carbons (Fsp3) is 0.333. The third kappa shape index (κ3) is 2.50. The number of benzene rings is 1. The molecule has 19 heavy (non-hydrogen) atoms. The quantitative estimate of drug-likeness (QED) is 0.795. The van der Waals surface area contributed by atoms with E-state index in [1.165, 1.54) is 12.8 Å². The van der Waals surface area contributed by atoms with E-state index in [9.17, 15) is 4.79 Å². The van der Waals surface area contributed by atoms with Crippen molar-refractivity contribution in [2.24, 2.45) is 5.92 Å². The van der Waals surface area contributed by atoms with Gasteiger partial charge in [0.1, 0.15) is 5.69 Å². The molecule has 1 aromatic heterocycles. The minimum atomic E-state index is 0.378. The van der Waals surface area contributed by atoms with E-state index in [0.29, 0.717) is 11.6 Å². The molecule has 1 fully saturated rings. The molecule has 3 rings (SSSR count). The summed E-state index contributed by atoms with van der Waals surface area (Å²) in [5.41, 5.74) is 2.41. The van der Waals surface area contributed by atoms with Crippen LogP contribution >= 0.6 is 15.9 Å². The predicted molar refractivity (Wildman–Crippen MR) is 78.2 cm³/mol. The number of nitrogens with zero attached hydrogens (tertiary/aromatic N) is 2. The van der Waals surface area contributed by atoms with E-state index in [2.05, 4.69) is 28.0 Å². The van der Waals surface area contributed by atoms with Crippen molar-refractivity contribution >= 4 is 22.2 Å². The Labute approximate surface area is 120 Å². The van der Waals surface area contributed by atoms with Crippen LogP contribution in [0.4, 0.5) is 0 Å². The zero-order valence-electron chi connectivity index (χ0n) is 10.7. The molecule has 1 aliphatic rings. The Hall–Kier alpha value is -1.42. The molecular weight excluding hydrogens is 304 g/mol. The summed E-state index contributed by atoms with van der Waals surface area (Å²) in [7, 11) is 0. The van der Waals surface area contributed by atoms with Crippen molar-refractivity contribution < 1.29 is 4.79 Å². The van der Waals surface area contributed by atoms with Gasteiger partial charge in [0.25, 0.3) is 0 Å². The molecule has 1 unspecified atom stereocenters. The van der Waals surface area contributed by atoms with Crippen molar-refractivity contribution in [3.05, 3.63) is 40.5 Å². The van der Waals surface area contributed by atoms with Crippen LogP contribution in [0.15, 0.2) is 34.9 Å². The van der Waals surface area contributed by atoms with Crippen LogP contribution < -0.4 is 0 Å². The largest absolute Gasteiger partial charge is 0.298 e. The Balaban J connectivity index is 1.99. The molecule has 0 radical (unpaired) electrons. The van der Waals surface area contributed by atoms with E-state index in [0.717, 1.165) is 27.9 Å². The number of hydrogen-bond acceptors (Lipinski definition) is 2. The number of aldehydes is 1. The molecule has 0 aliphatic heterocycles. The summed E-state index contributed by atoms with van der Waals surface area (Å²) in [5, 5.41) is 4.61. The van der Waals surface area contributed by atoms with E-state index >= 15 is 0 Å². The van der Waals surface area contributed by atoms with Crippen LogP contribution in [-0.2, 0) is 0 Å². The number of carbonyl (C=O) groups excluding carboxylic acids is 1. The molecule has 0 bridgehead atoms. The minimum Gasteiger partial charge on any atom is -0.298 e. The highest BCUT2D eigenvalue weighted by Crippen LogP contribution is 2.39. The summed E-state index contributed by atoms with van der Waals surface area (Å²) in [5.74, 6) is 0.720. The lowest BCUT2D eigenvalue weighted by Crippen LogP contribution is -2.07. The Kier molecular flexibility index (Phi) is 3.27. The van der Waals surface area contributed by atoms with Gasteiger partial charge in [-0.15, -0.1) is 0 Å². The van der Waals surface area contributed by atoms with Crippen LogP contribution in [0.2, 0.25) is 0 Å². The first kappa shape index (κ1) is 12.6. The summed E-state index contributed by atoms with van der Waals surface area (Å²) >= 11 is 3.41. The van der Waals surface area contributed by atoms with Crippen LogP contribution in [0.1, 0.15) is 36.2 Å². The van der Waals surface area contributed by atoms with Crippen molar-refractivity contribution in [1.82, 2.24) is 9.78 Å². The second kappa shape index (κ2) is 4.93. The fourth-order valence-corrected chi connectivity index (χ4v) is 2.59. The van der Waals surface area contributed by atoms with Gasteiger partial charge in [0.2, 0.25) is 0 Å². The highest BCUT2D eigenvalue weighted by Gasteiger charge is 2.30. The Morgan fingerprint density at radius 1 is 1.37 bits per heavy atom. The van der Waals surface area contributed by atoms with E-state index in [-0.39, 0.29) is 0 Å². The van der Waals surface area contributed by atoms with Crippen LogP contribution in [0.5, 0.6) is 0 Å². The van der Waals surface area contributed by atoms with Gasteiger partial charge in [-0.1, -0.05) is 28.1 Å². The van der Waals surface area contributed by atoms with Gasteiger partial charge in [0.15, 0.2) is 6.29 Å². The first-order valence-electron chi connectivity index (χ1n) is 6.49. The third-order valence-electron chi connectivity index (χ3n) is 3.73. The molecule has 1 aromatic carbocycles. The highest BCUT2D eigenvalue weighted by molar-refractivity contribution is 9.10. The number of aromatic nitrogens is 2. The molecule has 4 heteroatoms. The van der Waals surface area contributed by atoms with Crippen LogP contribution in [-0.4, -0.2) is 16.1 Å². The van der Waals surface area contributed by atoms with E-state index in [1.807, 2.05) is 35.1 Å². The van der Waals surface area contributed by atoms with Gasteiger partial charge in [-0.2, -0.15) is 5.10 Å². The molecule has 1 saturated carbocycles. The Morgan fingerprint density at radius 2 is 2.05 bits per heavy atom. The van der Waals surface area contributed by atoms with Crippen molar-refractivity contribution in [1.29, 1.82) is 0 Å². The van der Waals surface area contributed by atoms with E-state index in [1.54, 1.807) is 0 Å². The summed E-state index contributed by atoms with van der Waals surface area (Å²) in [6.07, 6.45) is 5.30. The van der Waals surface area contributed by atoms with Gasteiger partial charge >= 0.3 is 0 Å². The molecule has 0 N–H and O–H groups in total. The van der Waals surface area contributed by atoms with Crippen molar-refractivity contribution in [2.45, 2.75) is 25.8 Å². The lowest BCUT2D eigenvalue weighted by atomic mass is 10.1. The SMILES string of the molecule is CC(C1CC1)n1cc(C=O)c(-c2ccc(Br)cc2)n1. The number of carbonyl (C=O) groups is 1. The lowest BCUT2D eigenvalue weighted by molar-refractivity contribution is 0.112. The van der Waals surface area contributed by atoms with Gasteiger partial charge in [0, 0.05) is 16.2 Å². The second-order valence-corrected chi connectivity index (χ2v) is 6.03. The maximum absolute atomic E-state index is 11.2. The van der Waals surface area contributed by atoms with Gasteiger partial charge < -0.3 is 0 Å². The average molecular weight is 319 g/mol. The van der Waals surface area contributed by atoms with Crippen molar-refractivity contribution in [2.75, 3.05) is 0 Å². The molecular formula is C15H15BrN2O. The van der Waals surface area contributed by atoms with Gasteiger partial charge in [0.05, 0.1) is 11.6 Å². The fourth-order valence-electron chi connectivity index (χ4n) is 2.33. The Bertz CT molecular complexity index is 599. The van der Waals surface area contributed by atoms with E-state index < -0.39 is 0 Å². The second-order valence-electron chi connectivity index (χ2n) is 5.12. The summed E-state index contributed by atoms with van der Waals surface area (Å²) in [6, 6.07) is 8.26. The molecule has 0 saturated heterocycles. The maximum atomic E-state index is 11.2.